The van der Waals surface area contributed by atoms with Gasteiger partial charge in [-0.25, -0.2) is 0 Å². The largest absolute Gasteiger partial charge is 0.463 e. The van der Waals surface area contributed by atoms with Crippen molar-refractivity contribution in [2.75, 3.05) is 31.1 Å². The van der Waals surface area contributed by atoms with Crippen molar-refractivity contribution in [3.8, 4) is 22.7 Å². The van der Waals surface area contributed by atoms with Gasteiger partial charge >= 0.3 is 0 Å². The molecule has 1 aliphatic heterocycles. The van der Waals surface area contributed by atoms with Gasteiger partial charge in [0.1, 0.15) is 11.4 Å². The van der Waals surface area contributed by atoms with Gasteiger partial charge < -0.3 is 14.2 Å². The van der Waals surface area contributed by atoms with E-state index in [0.717, 1.165) is 17.1 Å². The van der Waals surface area contributed by atoms with Crippen LogP contribution in [0.4, 0.5) is 5.82 Å². The Morgan fingerprint density at radius 2 is 1.73 bits per heavy atom. The summed E-state index contributed by atoms with van der Waals surface area (Å²) in [6.07, 6.45) is 1.61. The number of aromatic nitrogens is 4. The van der Waals surface area contributed by atoms with Crippen molar-refractivity contribution in [2.45, 2.75) is 0 Å². The van der Waals surface area contributed by atoms with Gasteiger partial charge in [0.05, 0.1) is 12.0 Å². The fourth-order valence-corrected chi connectivity index (χ4v) is 3.55. The molecular weight excluding hydrogens is 380 g/mol. The molecule has 1 fully saturated rings. The minimum Gasteiger partial charge on any atom is -0.463 e. The minimum atomic E-state index is -0.0383. The van der Waals surface area contributed by atoms with Gasteiger partial charge in [-0.05, 0) is 30.3 Å². The van der Waals surface area contributed by atoms with Crippen LogP contribution >= 0.6 is 0 Å². The lowest BCUT2D eigenvalue weighted by Gasteiger charge is -2.34. The topological polar surface area (TPSA) is 91.2 Å². The third-order valence-electron chi connectivity index (χ3n) is 5.19. The summed E-state index contributed by atoms with van der Waals surface area (Å²) in [5, 5.41) is 15.7. The summed E-state index contributed by atoms with van der Waals surface area (Å²) in [5.74, 6) is 1.45. The molecule has 0 unspecified atom stereocenters. The van der Waals surface area contributed by atoms with Gasteiger partial charge in [-0.1, -0.05) is 30.3 Å². The van der Waals surface area contributed by atoms with E-state index in [9.17, 15) is 4.79 Å². The van der Waals surface area contributed by atoms with E-state index in [1.165, 1.54) is 0 Å². The van der Waals surface area contributed by atoms with Crippen LogP contribution in [0.1, 0.15) is 10.5 Å². The molecular formula is C22H20N6O2. The monoisotopic (exact) mass is 400 g/mol. The number of anilines is 1. The lowest BCUT2D eigenvalue weighted by atomic mass is 10.1. The van der Waals surface area contributed by atoms with Crippen LogP contribution in [0.2, 0.25) is 0 Å². The molecule has 0 saturated carbocycles. The second-order valence-electron chi connectivity index (χ2n) is 7.07. The molecule has 0 spiro atoms. The Morgan fingerprint density at radius 3 is 2.43 bits per heavy atom. The first-order valence-electron chi connectivity index (χ1n) is 9.80. The van der Waals surface area contributed by atoms with E-state index in [4.69, 9.17) is 4.42 Å². The molecule has 4 heterocycles. The molecule has 8 heteroatoms. The predicted octanol–water partition coefficient (Wildman–Crippen LogP) is 3.09. The Morgan fingerprint density at radius 1 is 0.900 bits per heavy atom. The average molecular weight is 400 g/mol. The molecule has 5 rings (SSSR count). The average Bonchev–Trinajstić information content (AvgIpc) is 3.52. The van der Waals surface area contributed by atoms with E-state index < -0.39 is 0 Å². The quantitative estimate of drug-likeness (QED) is 0.566. The molecule has 1 N–H and O–H groups in total. The molecule has 150 valence electrons. The van der Waals surface area contributed by atoms with Crippen LogP contribution in [0.3, 0.4) is 0 Å². The molecule has 30 heavy (non-hydrogen) atoms. The van der Waals surface area contributed by atoms with Crippen molar-refractivity contribution in [1.82, 2.24) is 25.3 Å². The number of piperazine rings is 1. The van der Waals surface area contributed by atoms with E-state index in [1.807, 2.05) is 65.6 Å². The lowest BCUT2D eigenvalue weighted by Crippen LogP contribution is -2.49. The molecule has 0 radical (unpaired) electrons. The van der Waals surface area contributed by atoms with Crippen LogP contribution in [0.5, 0.6) is 0 Å². The first kappa shape index (κ1) is 18.1. The van der Waals surface area contributed by atoms with Gasteiger partial charge in [0.15, 0.2) is 11.6 Å². The Hall–Kier alpha value is -3.94. The number of nitrogens with zero attached hydrogens (tertiary/aromatic N) is 5. The molecule has 1 aliphatic rings. The summed E-state index contributed by atoms with van der Waals surface area (Å²) in [6, 6.07) is 19.1. The lowest BCUT2D eigenvalue weighted by molar-refractivity contribution is 0.0740. The molecule has 1 amide bonds. The smallest absolute Gasteiger partial charge is 0.272 e. The zero-order valence-corrected chi connectivity index (χ0v) is 16.2. The first-order valence-corrected chi connectivity index (χ1v) is 9.80. The first-order chi connectivity index (χ1) is 14.8. The number of aromatic amines is 1. The molecule has 8 nitrogen and oxygen atoms in total. The highest BCUT2D eigenvalue weighted by molar-refractivity contribution is 5.93. The fourth-order valence-electron chi connectivity index (χ4n) is 3.55. The molecule has 1 aromatic carbocycles. The molecule has 0 atom stereocenters. The van der Waals surface area contributed by atoms with E-state index >= 15 is 0 Å². The Balaban J connectivity index is 1.22. The van der Waals surface area contributed by atoms with E-state index in [2.05, 4.69) is 25.3 Å². The van der Waals surface area contributed by atoms with Crippen molar-refractivity contribution in [2.24, 2.45) is 0 Å². The number of H-pyrrole nitrogens is 1. The number of hydrogen-bond acceptors (Lipinski definition) is 6. The van der Waals surface area contributed by atoms with Gasteiger partial charge in [-0.2, -0.15) is 5.10 Å². The van der Waals surface area contributed by atoms with Crippen LogP contribution in [0.25, 0.3) is 22.7 Å². The third kappa shape index (κ3) is 3.55. The summed E-state index contributed by atoms with van der Waals surface area (Å²) in [5.41, 5.74) is 2.95. The van der Waals surface area contributed by atoms with Gasteiger partial charge in [0.25, 0.3) is 5.91 Å². The highest BCUT2D eigenvalue weighted by atomic mass is 16.3. The number of carbonyl (C=O) groups is 1. The molecule has 3 aromatic heterocycles. The van der Waals surface area contributed by atoms with Crippen molar-refractivity contribution in [1.29, 1.82) is 0 Å². The van der Waals surface area contributed by atoms with Crippen LogP contribution in [-0.2, 0) is 0 Å². The molecule has 4 aromatic rings. The normalized spacial score (nSPS) is 14.1. The Labute approximate surface area is 173 Å². The van der Waals surface area contributed by atoms with Crippen LogP contribution < -0.4 is 4.90 Å². The maximum Gasteiger partial charge on any atom is 0.272 e. The zero-order valence-electron chi connectivity index (χ0n) is 16.2. The van der Waals surface area contributed by atoms with Crippen molar-refractivity contribution >= 4 is 11.7 Å². The fraction of sp³-hybridized carbons (Fsp3) is 0.182. The van der Waals surface area contributed by atoms with Crippen LogP contribution in [0, 0.1) is 0 Å². The van der Waals surface area contributed by atoms with Crippen molar-refractivity contribution < 1.29 is 9.21 Å². The number of nitrogens with one attached hydrogen (secondary N) is 1. The predicted molar refractivity (Wildman–Crippen MR) is 112 cm³/mol. The van der Waals surface area contributed by atoms with Crippen molar-refractivity contribution in [3.05, 3.63) is 72.6 Å². The number of carbonyl (C=O) groups excluding carboxylic acids is 1. The van der Waals surface area contributed by atoms with E-state index in [1.54, 1.807) is 6.26 Å². The summed E-state index contributed by atoms with van der Waals surface area (Å²) in [6.45, 7) is 2.61. The van der Waals surface area contributed by atoms with E-state index in [0.29, 0.717) is 43.3 Å². The minimum absolute atomic E-state index is 0.0383. The van der Waals surface area contributed by atoms with Crippen LogP contribution in [0.15, 0.2) is 71.3 Å². The molecule has 0 aliphatic carbocycles. The van der Waals surface area contributed by atoms with Crippen molar-refractivity contribution in [3.63, 3.8) is 0 Å². The SMILES string of the molecule is O=C(c1cc(-c2ccccc2)n[nH]1)N1CCN(c2ccc(-c3ccco3)nn2)CC1. The maximum absolute atomic E-state index is 12.9. The van der Waals surface area contributed by atoms with Gasteiger partial charge in [-0.3, -0.25) is 9.89 Å². The number of amides is 1. The number of benzene rings is 1. The number of hydrogen-bond donors (Lipinski definition) is 1. The highest BCUT2D eigenvalue weighted by Gasteiger charge is 2.24. The molecule has 1 saturated heterocycles. The second kappa shape index (κ2) is 7.82. The van der Waals surface area contributed by atoms with Gasteiger partial charge in [0.2, 0.25) is 0 Å². The zero-order chi connectivity index (χ0) is 20.3. The number of furan rings is 1. The Kier molecular flexibility index (Phi) is 4.72. The Bertz CT molecular complexity index is 1110. The highest BCUT2D eigenvalue weighted by Crippen LogP contribution is 2.21. The van der Waals surface area contributed by atoms with Crippen LogP contribution in [-0.4, -0.2) is 57.4 Å². The molecule has 0 bridgehead atoms. The van der Waals surface area contributed by atoms with Gasteiger partial charge in [-0.15, -0.1) is 10.2 Å². The summed E-state index contributed by atoms with van der Waals surface area (Å²) >= 11 is 0. The number of rotatable bonds is 4. The summed E-state index contributed by atoms with van der Waals surface area (Å²) in [7, 11) is 0. The third-order valence-corrected chi connectivity index (χ3v) is 5.19. The van der Waals surface area contributed by atoms with Gasteiger partial charge in [0, 0.05) is 31.7 Å². The maximum atomic E-state index is 12.9. The standard InChI is InChI=1S/C22H20N6O2/c29-22(19-15-18(24-25-19)16-5-2-1-3-6-16)28-12-10-27(11-13-28)21-9-8-17(23-26-21)20-7-4-14-30-20/h1-9,14-15H,10-13H2,(H,24,25). The summed E-state index contributed by atoms with van der Waals surface area (Å²) in [4.78, 5) is 16.8. The summed E-state index contributed by atoms with van der Waals surface area (Å²) < 4.78 is 5.35. The second-order valence-corrected chi connectivity index (χ2v) is 7.07. The van der Waals surface area contributed by atoms with E-state index in [-0.39, 0.29) is 5.91 Å².